The number of carbonyl (C=O) groups excluding carboxylic acids is 1. The van der Waals surface area contributed by atoms with Gasteiger partial charge in [-0.25, -0.2) is 8.42 Å². The molecule has 4 rings (SSSR count). The van der Waals surface area contributed by atoms with Gasteiger partial charge in [-0.2, -0.15) is 4.31 Å². The van der Waals surface area contributed by atoms with E-state index in [0.29, 0.717) is 49.1 Å². The largest absolute Gasteiger partial charge is 0.369 e. The van der Waals surface area contributed by atoms with Crippen molar-refractivity contribution in [2.24, 2.45) is 0 Å². The van der Waals surface area contributed by atoms with E-state index < -0.39 is 10.0 Å². The molecule has 1 fully saturated rings. The third-order valence-corrected chi connectivity index (χ3v) is 8.07. The van der Waals surface area contributed by atoms with Crippen LogP contribution in [0.3, 0.4) is 0 Å². The molecule has 0 saturated carbocycles. The van der Waals surface area contributed by atoms with E-state index >= 15 is 0 Å². The van der Waals surface area contributed by atoms with Gasteiger partial charge in [0.1, 0.15) is 0 Å². The lowest BCUT2D eigenvalue weighted by Gasteiger charge is -2.35. The summed E-state index contributed by atoms with van der Waals surface area (Å²) < 4.78 is 27.7. The highest BCUT2D eigenvalue weighted by atomic mass is 35.5. The first-order chi connectivity index (χ1) is 13.4. The zero-order chi connectivity index (χ0) is 19.7. The van der Waals surface area contributed by atoms with Crippen molar-refractivity contribution in [3.63, 3.8) is 0 Å². The predicted molar refractivity (Wildman–Crippen MR) is 113 cm³/mol. The number of carbonyl (C=O) groups is 1. The van der Waals surface area contributed by atoms with Crippen LogP contribution in [0.25, 0.3) is 0 Å². The summed E-state index contributed by atoms with van der Waals surface area (Å²) in [6.45, 7) is 1.98. The van der Waals surface area contributed by atoms with Crippen molar-refractivity contribution in [2.75, 3.05) is 42.1 Å². The molecule has 1 saturated heterocycles. The fraction of sp³-hybridized carbons (Fsp3) is 0.316. The standard InChI is InChI=1S/C19H20ClN3O3S2/c20-14-2-1-3-15(12-14)22-7-9-23(10-8-22)28(25,26)16-4-5-18-17(13-16)21-19(24)6-11-27-18/h1-5,12-13H,6-11H2,(H,21,24). The number of piperazine rings is 1. The smallest absolute Gasteiger partial charge is 0.243 e. The van der Waals surface area contributed by atoms with Crippen LogP contribution >= 0.6 is 23.4 Å². The molecule has 0 aromatic heterocycles. The predicted octanol–water partition coefficient (Wildman–Crippen LogP) is 3.29. The van der Waals surface area contributed by atoms with Crippen LogP contribution in [0.5, 0.6) is 0 Å². The van der Waals surface area contributed by atoms with Crippen LogP contribution in [0.1, 0.15) is 6.42 Å². The maximum absolute atomic E-state index is 13.1. The maximum atomic E-state index is 13.1. The highest BCUT2D eigenvalue weighted by molar-refractivity contribution is 7.99. The number of hydrogen-bond donors (Lipinski definition) is 1. The van der Waals surface area contributed by atoms with Crippen molar-refractivity contribution in [1.29, 1.82) is 0 Å². The van der Waals surface area contributed by atoms with Crippen LogP contribution in [-0.2, 0) is 14.8 Å². The second-order valence-corrected chi connectivity index (χ2v) is 10.2. The average Bonchev–Trinajstić information content (AvgIpc) is 2.88. The van der Waals surface area contributed by atoms with Gasteiger partial charge in [0.25, 0.3) is 0 Å². The number of sulfonamides is 1. The number of benzene rings is 2. The molecule has 9 heteroatoms. The van der Waals surface area contributed by atoms with E-state index in [-0.39, 0.29) is 10.8 Å². The molecule has 1 N–H and O–H groups in total. The van der Waals surface area contributed by atoms with E-state index in [4.69, 9.17) is 11.6 Å². The highest BCUT2D eigenvalue weighted by Gasteiger charge is 2.29. The summed E-state index contributed by atoms with van der Waals surface area (Å²) in [5.74, 6) is 0.604. The van der Waals surface area contributed by atoms with E-state index in [0.717, 1.165) is 10.6 Å². The van der Waals surface area contributed by atoms with Crippen molar-refractivity contribution >= 4 is 50.7 Å². The summed E-state index contributed by atoms with van der Waals surface area (Å²) in [6.07, 6.45) is 0.424. The van der Waals surface area contributed by atoms with Crippen LogP contribution in [0.4, 0.5) is 11.4 Å². The maximum Gasteiger partial charge on any atom is 0.243 e. The Hall–Kier alpha value is -1.74. The molecule has 2 aromatic rings. The number of fused-ring (bicyclic) bond motifs is 1. The third-order valence-electron chi connectivity index (χ3n) is 4.86. The van der Waals surface area contributed by atoms with Crippen LogP contribution < -0.4 is 10.2 Å². The second kappa shape index (κ2) is 7.94. The lowest BCUT2D eigenvalue weighted by atomic mass is 10.2. The van der Waals surface area contributed by atoms with E-state index in [9.17, 15) is 13.2 Å². The van der Waals surface area contributed by atoms with E-state index in [1.807, 2.05) is 24.3 Å². The Bertz CT molecular complexity index is 1010. The first-order valence-electron chi connectivity index (χ1n) is 9.01. The van der Waals surface area contributed by atoms with Crippen molar-refractivity contribution < 1.29 is 13.2 Å². The van der Waals surface area contributed by atoms with Gasteiger partial charge in [-0.05, 0) is 36.4 Å². The molecule has 0 spiro atoms. The average molecular weight is 438 g/mol. The number of nitrogens with zero attached hydrogens (tertiary/aromatic N) is 2. The Morgan fingerprint density at radius 2 is 1.82 bits per heavy atom. The van der Waals surface area contributed by atoms with Crippen LogP contribution in [-0.4, -0.2) is 50.6 Å². The second-order valence-electron chi connectivity index (χ2n) is 6.68. The molecule has 2 heterocycles. The van der Waals surface area contributed by atoms with E-state index in [1.165, 1.54) is 4.31 Å². The summed E-state index contributed by atoms with van der Waals surface area (Å²) >= 11 is 7.62. The molecule has 1 amide bonds. The number of nitrogens with one attached hydrogen (secondary N) is 1. The number of rotatable bonds is 3. The van der Waals surface area contributed by atoms with Crippen LogP contribution in [0, 0.1) is 0 Å². The minimum absolute atomic E-state index is 0.0871. The van der Waals surface area contributed by atoms with Gasteiger partial charge < -0.3 is 10.2 Å². The third kappa shape index (κ3) is 4.00. The van der Waals surface area contributed by atoms with Gasteiger partial charge in [-0.1, -0.05) is 17.7 Å². The molecule has 2 aliphatic rings. The minimum Gasteiger partial charge on any atom is -0.369 e. The molecule has 0 aliphatic carbocycles. The number of thioether (sulfide) groups is 1. The molecule has 148 valence electrons. The van der Waals surface area contributed by atoms with Gasteiger partial charge in [-0.15, -0.1) is 11.8 Å². The fourth-order valence-corrected chi connectivity index (χ4v) is 5.94. The zero-order valence-corrected chi connectivity index (χ0v) is 17.5. The lowest BCUT2D eigenvalue weighted by molar-refractivity contribution is -0.115. The van der Waals surface area contributed by atoms with Gasteiger partial charge >= 0.3 is 0 Å². The molecule has 28 heavy (non-hydrogen) atoms. The normalized spacial score (nSPS) is 18.3. The molecule has 6 nitrogen and oxygen atoms in total. The van der Waals surface area contributed by atoms with Crippen molar-refractivity contribution in [1.82, 2.24) is 4.31 Å². The Balaban J connectivity index is 1.51. The van der Waals surface area contributed by atoms with Crippen LogP contribution in [0.15, 0.2) is 52.3 Å². The first kappa shape index (κ1) is 19.6. The summed E-state index contributed by atoms with van der Waals surface area (Å²) in [7, 11) is -3.62. The molecule has 0 radical (unpaired) electrons. The Labute approximate surface area is 173 Å². The van der Waals surface area contributed by atoms with Gasteiger partial charge in [-0.3, -0.25) is 4.79 Å². The molecule has 2 aliphatic heterocycles. The van der Waals surface area contributed by atoms with Gasteiger partial charge in [0.05, 0.1) is 10.6 Å². The van der Waals surface area contributed by atoms with Gasteiger partial charge in [0, 0.05) is 54.0 Å². The summed E-state index contributed by atoms with van der Waals surface area (Å²) in [4.78, 5) is 15.0. The number of halogens is 1. The van der Waals surface area contributed by atoms with Crippen molar-refractivity contribution in [3.05, 3.63) is 47.5 Å². The van der Waals surface area contributed by atoms with Crippen molar-refractivity contribution in [2.45, 2.75) is 16.2 Å². The number of anilines is 2. The fourth-order valence-electron chi connectivity index (χ4n) is 3.37. The van der Waals surface area contributed by atoms with E-state index in [2.05, 4.69) is 10.2 Å². The van der Waals surface area contributed by atoms with Gasteiger partial charge in [0.2, 0.25) is 15.9 Å². The van der Waals surface area contributed by atoms with Gasteiger partial charge in [0.15, 0.2) is 0 Å². The molecule has 0 unspecified atom stereocenters. The zero-order valence-electron chi connectivity index (χ0n) is 15.1. The quantitative estimate of drug-likeness (QED) is 0.797. The first-order valence-corrected chi connectivity index (χ1v) is 11.8. The summed E-state index contributed by atoms with van der Waals surface area (Å²) in [5, 5.41) is 3.47. The monoisotopic (exact) mass is 437 g/mol. The summed E-state index contributed by atoms with van der Waals surface area (Å²) in [6, 6.07) is 12.6. The minimum atomic E-state index is -3.62. The molecule has 0 bridgehead atoms. The molecular formula is C19H20ClN3O3S2. The SMILES string of the molecule is O=C1CCSc2ccc(S(=O)(=O)N3CCN(c4cccc(Cl)c4)CC3)cc2N1. The van der Waals surface area contributed by atoms with Crippen LogP contribution in [0.2, 0.25) is 5.02 Å². The molecule has 0 atom stereocenters. The highest BCUT2D eigenvalue weighted by Crippen LogP contribution is 2.33. The molecule has 2 aromatic carbocycles. The topological polar surface area (TPSA) is 69.7 Å². The number of amides is 1. The number of hydrogen-bond acceptors (Lipinski definition) is 5. The lowest BCUT2D eigenvalue weighted by Crippen LogP contribution is -2.48. The van der Waals surface area contributed by atoms with Crippen molar-refractivity contribution in [3.8, 4) is 0 Å². The Kier molecular flexibility index (Phi) is 5.55. The summed E-state index contributed by atoms with van der Waals surface area (Å²) in [5.41, 5.74) is 1.57. The molecular weight excluding hydrogens is 418 g/mol. The Morgan fingerprint density at radius 1 is 1.04 bits per heavy atom. The van der Waals surface area contributed by atoms with E-state index in [1.54, 1.807) is 30.0 Å². The Morgan fingerprint density at radius 3 is 2.57 bits per heavy atom.